The van der Waals surface area contributed by atoms with Crippen LogP contribution >= 0.6 is 11.3 Å². The number of thiophene rings is 1. The molecule has 31 heavy (non-hydrogen) atoms. The first-order valence-electron chi connectivity index (χ1n) is 10.1. The van der Waals surface area contributed by atoms with Gasteiger partial charge in [0, 0.05) is 35.2 Å². The Bertz CT molecular complexity index is 1210. The minimum Gasteiger partial charge on any atom is -0.454 e. The van der Waals surface area contributed by atoms with E-state index in [1.807, 2.05) is 31.2 Å². The van der Waals surface area contributed by atoms with E-state index in [9.17, 15) is 18.0 Å². The van der Waals surface area contributed by atoms with E-state index in [4.69, 9.17) is 4.74 Å². The van der Waals surface area contributed by atoms with Gasteiger partial charge in [-0.1, -0.05) is 24.3 Å². The van der Waals surface area contributed by atoms with E-state index in [0.29, 0.717) is 24.9 Å². The van der Waals surface area contributed by atoms with Crippen molar-refractivity contribution >= 4 is 44.0 Å². The molecule has 0 spiro atoms. The van der Waals surface area contributed by atoms with Crippen LogP contribution in [0, 0.1) is 12.8 Å². The van der Waals surface area contributed by atoms with Gasteiger partial charge in [-0.15, -0.1) is 11.3 Å². The second kappa shape index (κ2) is 8.57. The molecule has 7 nitrogen and oxygen atoms in total. The van der Waals surface area contributed by atoms with E-state index >= 15 is 0 Å². The molecule has 0 bridgehead atoms. The Morgan fingerprint density at radius 1 is 1.23 bits per heavy atom. The Balaban J connectivity index is 1.46. The van der Waals surface area contributed by atoms with Gasteiger partial charge in [-0.2, -0.15) is 4.31 Å². The lowest BCUT2D eigenvalue weighted by atomic mass is 9.99. The number of nitrogens with one attached hydrogen (secondary N) is 1. The quantitative estimate of drug-likeness (QED) is 0.446. The number of carbonyl (C=O) groups excluding carboxylic acids is 2. The van der Waals surface area contributed by atoms with E-state index in [0.717, 1.165) is 27.9 Å². The third-order valence-electron chi connectivity index (χ3n) is 5.61. The molecule has 1 aromatic carbocycles. The van der Waals surface area contributed by atoms with Gasteiger partial charge in [0.1, 0.15) is 4.21 Å². The molecular formula is C22H24N2O5S2. The predicted octanol–water partition coefficient (Wildman–Crippen LogP) is 3.75. The van der Waals surface area contributed by atoms with Gasteiger partial charge in [-0.05, 0) is 44.2 Å². The number of aromatic amines is 1. The van der Waals surface area contributed by atoms with E-state index in [1.54, 1.807) is 24.4 Å². The van der Waals surface area contributed by atoms with E-state index in [-0.39, 0.29) is 16.5 Å². The summed E-state index contributed by atoms with van der Waals surface area (Å²) >= 11 is 1.15. The maximum absolute atomic E-state index is 13.0. The van der Waals surface area contributed by atoms with Gasteiger partial charge in [-0.3, -0.25) is 9.59 Å². The number of H-pyrrole nitrogens is 1. The number of esters is 1. The summed E-state index contributed by atoms with van der Waals surface area (Å²) in [4.78, 5) is 29.0. The van der Waals surface area contributed by atoms with Crippen LogP contribution in [0.25, 0.3) is 10.9 Å². The van der Waals surface area contributed by atoms with Gasteiger partial charge >= 0.3 is 5.97 Å². The zero-order valence-corrected chi connectivity index (χ0v) is 19.0. The Hall–Kier alpha value is -2.49. The Labute approximate surface area is 185 Å². The number of hydrogen-bond acceptors (Lipinski definition) is 6. The molecule has 1 N–H and O–H groups in total. The van der Waals surface area contributed by atoms with Crippen LogP contribution in [0.1, 0.15) is 35.8 Å². The highest BCUT2D eigenvalue weighted by atomic mass is 32.2. The fourth-order valence-corrected chi connectivity index (χ4v) is 6.68. The third-order valence-corrected chi connectivity index (χ3v) is 8.85. The Kier molecular flexibility index (Phi) is 6.00. The van der Waals surface area contributed by atoms with E-state index in [1.165, 1.54) is 4.31 Å². The van der Waals surface area contributed by atoms with Crippen molar-refractivity contribution in [1.29, 1.82) is 0 Å². The predicted molar refractivity (Wildman–Crippen MR) is 119 cm³/mol. The average molecular weight is 461 g/mol. The monoisotopic (exact) mass is 460 g/mol. The molecule has 1 fully saturated rings. The zero-order valence-electron chi connectivity index (χ0n) is 17.3. The molecule has 2 aromatic heterocycles. The normalized spacial score (nSPS) is 18.7. The van der Waals surface area contributed by atoms with Crippen LogP contribution < -0.4 is 0 Å². The number of rotatable bonds is 6. The molecule has 1 aliphatic rings. The molecule has 0 aliphatic carbocycles. The van der Waals surface area contributed by atoms with Crippen LogP contribution in [0.4, 0.5) is 0 Å². The highest BCUT2D eigenvalue weighted by molar-refractivity contribution is 7.91. The van der Waals surface area contributed by atoms with Crippen LogP contribution in [0.15, 0.2) is 46.0 Å². The van der Waals surface area contributed by atoms with Crippen molar-refractivity contribution in [3.05, 3.63) is 53.0 Å². The lowest BCUT2D eigenvalue weighted by Crippen LogP contribution is -2.43. The lowest BCUT2D eigenvalue weighted by molar-refractivity contribution is -0.152. The average Bonchev–Trinajstić information content (AvgIpc) is 3.41. The number of ether oxygens (including phenoxy) is 1. The molecule has 9 heteroatoms. The van der Waals surface area contributed by atoms with Crippen LogP contribution in [-0.2, 0) is 19.6 Å². The number of Topliss-reactive ketones (excluding diaryl/α,β-unsaturated/α-hetero) is 1. The molecule has 4 rings (SSSR count). The van der Waals surface area contributed by atoms with Crippen molar-refractivity contribution in [1.82, 2.24) is 9.29 Å². The van der Waals surface area contributed by atoms with Crippen LogP contribution in [0.3, 0.4) is 0 Å². The van der Waals surface area contributed by atoms with Crippen LogP contribution in [0.5, 0.6) is 0 Å². The largest absolute Gasteiger partial charge is 0.454 e. The number of para-hydroxylation sites is 1. The van der Waals surface area contributed by atoms with Gasteiger partial charge in [0.25, 0.3) is 10.0 Å². The first kappa shape index (κ1) is 21.7. The molecule has 0 saturated carbocycles. The van der Waals surface area contributed by atoms with Gasteiger partial charge in [0.05, 0.1) is 5.92 Å². The second-order valence-electron chi connectivity index (χ2n) is 7.75. The molecule has 1 saturated heterocycles. The number of carbonyl (C=O) groups is 2. The molecule has 0 amide bonds. The molecule has 1 aliphatic heterocycles. The van der Waals surface area contributed by atoms with Crippen molar-refractivity contribution in [2.24, 2.45) is 5.92 Å². The summed E-state index contributed by atoms with van der Waals surface area (Å²) < 4.78 is 32.7. The van der Waals surface area contributed by atoms with Gasteiger partial charge in [0.15, 0.2) is 6.10 Å². The highest BCUT2D eigenvalue weighted by Crippen LogP contribution is 2.28. The van der Waals surface area contributed by atoms with Crippen molar-refractivity contribution in [2.45, 2.75) is 37.0 Å². The Morgan fingerprint density at radius 2 is 2.00 bits per heavy atom. The molecule has 3 aromatic rings. The summed E-state index contributed by atoms with van der Waals surface area (Å²) in [5.41, 5.74) is 2.09. The molecular weight excluding hydrogens is 436 g/mol. The van der Waals surface area contributed by atoms with E-state index in [2.05, 4.69) is 4.98 Å². The van der Waals surface area contributed by atoms with Crippen molar-refractivity contribution in [2.75, 3.05) is 13.1 Å². The minimum absolute atomic E-state index is 0.0616. The minimum atomic E-state index is -3.62. The number of aromatic nitrogens is 1. The van der Waals surface area contributed by atoms with Crippen LogP contribution in [-0.4, -0.2) is 48.7 Å². The molecule has 164 valence electrons. The Morgan fingerprint density at radius 3 is 2.74 bits per heavy atom. The number of nitrogens with zero attached hydrogens (tertiary/aromatic N) is 1. The molecule has 0 unspecified atom stereocenters. The van der Waals surface area contributed by atoms with Crippen LogP contribution in [0.2, 0.25) is 0 Å². The number of ketones is 1. The summed E-state index contributed by atoms with van der Waals surface area (Å²) in [5.74, 6) is -1.41. The first-order valence-corrected chi connectivity index (χ1v) is 12.5. The fourth-order valence-electron chi connectivity index (χ4n) is 4.01. The maximum atomic E-state index is 13.0. The van der Waals surface area contributed by atoms with Crippen molar-refractivity contribution in [3.8, 4) is 0 Å². The lowest BCUT2D eigenvalue weighted by Gasteiger charge is -2.30. The molecule has 3 heterocycles. The number of fused-ring (bicyclic) bond motifs is 1. The third kappa shape index (κ3) is 4.17. The zero-order chi connectivity index (χ0) is 22.2. The number of aryl methyl sites for hydroxylation is 1. The first-order chi connectivity index (χ1) is 14.8. The van der Waals surface area contributed by atoms with Gasteiger partial charge < -0.3 is 9.72 Å². The van der Waals surface area contributed by atoms with Crippen molar-refractivity contribution in [3.63, 3.8) is 0 Å². The molecule has 0 radical (unpaired) electrons. The van der Waals surface area contributed by atoms with Gasteiger partial charge in [-0.25, -0.2) is 8.42 Å². The maximum Gasteiger partial charge on any atom is 0.310 e. The summed E-state index contributed by atoms with van der Waals surface area (Å²) in [6, 6.07) is 10.7. The smallest absolute Gasteiger partial charge is 0.310 e. The topological polar surface area (TPSA) is 96.5 Å². The number of hydrogen-bond donors (Lipinski definition) is 1. The van der Waals surface area contributed by atoms with Gasteiger partial charge in [0.2, 0.25) is 5.78 Å². The second-order valence-corrected chi connectivity index (χ2v) is 10.9. The summed E-state index contributed by atoms with van der Waals surface area (Å²) in [5, 5.41) is 2.50. The van der Waals surface area contributed by atoms with E-state index < -0.39 is 28.0 Å². The molecule has 2 atom stereocenters. The summed E-state index contributed by atoms with van der Waals surface area (Å²) in [6.45, 7) is 3.81. The fraction of sp³-hybridized carbons (Fsp3) is 0.364. The number of benzene rings is 1. The highest BCUT2D eigenvalue weighted by Gasteiger charge is 2.36. The number of sulfonamides is 1. The SMILES string of the molecule is Cc1[nH]c2ccccc2c1C(=O)[C@H](C)OC(=O)[C@H]1CCCN(S(=O)(=O)c2cccs2)C1. The van der Waals surface area contributed by atoms with Crippen molar-refractivity contribution < 1.29 is 22.7 Å². The number of piperidine rings is 1. The standard InChI is InChI=1S/C22H24N2O5S2/c1-14-20(17-8-3-4-9-18(17)23-14)21(25)15(2)29-22(26)16-7-5-11-24(13-16)31(27,28)19-10-6-12-30-19/h3-4,6,8-10,12,15-16,23H,5,7,11,13H2,1-2H3/t15-,16-/m0/s1. The summed E-state index contributed by atoms with van der Waals surface area (Å²) in [6.07, 6.45) is 0.131. The summed E-state index contributed by atoms with van der Waals surface area (Å²) in [7, 11) is -3.62.